The molecule has 9 heteroatoms. The standard InChI is InChI=1S/C24H28F2N6O/c1-16(25)14-24(2,22-19(26)6-5-13-28-22)15-29-21-12-11-20(30-31-21)17-7-9-18(10-8-17)32(4)23(33)27-3/h5-13,16H,14-15H2,1-4H3,(H,27,33)(H,29,31)/t16-,24-/m0/s1. The number of benzene rings is 1. The van der Waals surface area contributed by atoms with Crippen LogP contribution in [-0.4, -0.2) is 48.0 Å². The predicted octanol–water partition coefficient (Wildman–Crippen LogP) is 4.57. The van der Waals surface area contributed by atoms with Crippen molar-refractivity contribution in [2.24, 2.45) is 0 Å². The van der Waals surface area contributed by atoms with Crippen molar-refractivity contribution >= 4 is 17.5 Å². The zero-order valence-electron chi connectivity index (χ0n) is 19.1. The van der Waals surface area contributed by atoms with E-state index in [0.717, 1.165) is 11.3 Å². The van der Waals surface area contributed by atoms with Crippen LogP contribution < -0.4 is 15.5 Å². The van der Waals surface area contributed by atoms with E-state index in [1.807, 2.05) is 30.3 Å². The molecule has 0 fully saturated rings. The summed E-state index contributed by atoms with van der Waals surface area (Å²) >= 11 is 0. The number of pyridine rings is 1. The Morgan fingerprint density at radius 2 is 1.88 bits per heavy atom. The summed E-state index contributed by atoms with van der Waals surface area (Å²) in [7, 11) is 3.26. The van der Waals surface area contributed by atoms with Gasteiger partial charge in [0.15, 0.2) is 0 Å². The Labute approximate surface area is 192 Å². The molecule has 0 aliphatic heterocycles. The summed E-state index contributed by atoms with van der Waals surface area (Å²) in [4.78, 5) is 17.4. The topological polar surface area (TPSA) is 83.0 Å². The number of aromatic nitrogens is 3. The fourth-order valence-corrected chi connectivity index (χ4v) is 3.71. The number of halogens is 2. The SMILES string of the molecule is CNC(=O)N(C)c1ccc(-c2ccc(NC[C@](C)(C[C@H](C)F)c3ncccc3F)nn2)cc1. The van der Waals surface area contributed by atoms with Gasteiger partial charge in [-0.2, -0.15) is 0 Å². The second-order valence-corrected chi connectivity index (χ2v) is 8.20. The first-order chi connectivity index (χ1) is 15.7. The third-order valence-electron chi connectivity index (χ3n) is 5.46. The van der Waals surface area contributed by atoms with Crippen LogP contribution in [0.15, 0.2) is 54.7 Å². The van der Waals surface area contributed by atoms with Crippen LogP contribution in [0.5, 0.6) is 0 Å². The van der Waals surface area contributed by atoms with Crippen LogP contribution in [0.25, 0.3) is 11.3 Å². The number of nitrogens with one attached hydrogen (secondary N) is 2. The third-order valence-corrected chi connectivity index (χ3v) is 5.46. The van der Waals surface area contributed by atoms with Gasteiger partial charge in [-0.15, -0.1) is 10.2 Å². The number of alkyl halides is 1. The summed E-state index contributed by atoms with van der Waals surface area (Å²) in [6.45, 7) is 3.47. The summed E-state index contributed by atoms with van der Waals surface area (Å²) in [6.07, 6.45) is 0.486. The first kappa shape index (κ1) is 24.0. The van der Waals surface area contributed by atoms with Gasteiger partial charge in [-0.25, -0.2) is 13.6 Å². The summed E-state index contributed by atoms with van der Waals surface area (Å²) < 4.78 is 28.3. The molecule has 0 unspecified atom stereocenters. The Morgan fingerprint density at radius 3 is 2.45 bits per heavy atom. The minimum Gasteiger partial charge on any atom is -0.368 e. The molecule has 7 nitrogen and oxygen atoms in total. The molecule has 2 atom stereocenters. The number of urea groups is 1. The molecule has 2 amide bonds. The maximum Gasteiger partial charge on any atom is 0.321 e. The van der Waals surface area contributed by atoms with E-state index in [2.05, 4.69) is 25.8 Å². The molecule has 174 valence electrons. The van der Waals surface area contributed by atoms with Crippen LogP contribution in [0, 0.1) is 5.82 Å². The predicted molar refractivity (Wildman–Crippen MR) is 126 cm³/mol. The summed E-state index contributed by atoms with van der Waals surface area (Å²) in [5.74, 6) is 0.0261. The van der Waals surface area contributed by atoms with Crippen LogP contribution >= 0.6 is 0 Å². The monoisotopic (exact) mass is 454 g/mol. The number of amides is 2. The Hall–Kier alpha value is -3.62. The Kier molecular flexibility index (Phi) is 7.52. The molecule has 33 heavy (non-hydrogen) atoms. The maximum absolute atomic E-state index is 14.4. The van der Waals surface area contributed by atoms with Crippen molar-refractivity contribution in [1.82, 2.24) is 20.5 Å². The molecular weight excluding hydrogens is 426 g/mol. The second kappa shape index (κ2) is 10.3. The molecule has 0 aliphatic rings. The average Bonchev–Trinajstić information content (AvgIpc) is 2.82. The molecule has 2 aromatic heterocycles. The number of carbonyl (C=O) groups is 1. The van der Waals surface area contributed by atoms with Crippen LogP contribution in [-0.2, 0) is 5.41 Å². The van der Waals surface area contributed by atoms with Crippen LogP contribution in [0.4, 0.5) is 25.1 Å². The molecule has 0 saturated heterocycles. The van der Waals surface area contributed by atoms with Gasteiger partial charge in [-0.05, 0) is 49.7 Å². The van der Waals surface area contributed by atoms with E-state index in [-0.39, 0.29) is 24.7 Å². The first-order valence-corrected chi connectivity index (χ1v) is 10.6. The summed E-state index contributed by atoms with van der Waals surface area (Å²) in [5.41, 5.74) is 1.59. The highest BCUT2D eigenvalue weighted by atomic mass is 19.1. The van der Waals surface area contributed by atoms with Crippen LogP contribution in [0.3, 0.4) is 0 Å². The lowest BCUT2D eigenvalue weighted by Crippen LogP contribution is -2.35. The lowest BCUT2D eigenvalue weighted by Gasteiger charge is -2.30. The van der Waals surface area contributed by atoms with Gasteiger partial charge < -0.3 is 10.6 Å². The van der Waals surface area contributed by atoms with Gasteiger partial charge in [0.25, 0.3) is 0 Å². The first-order valence-electron chi connectivity index (χ1n) is 10.6. The fraction of sp³-hybridized carbons (Fsp3) is 0.333. The summed E-state index contributed by atoms with van der Waals surface area (Å²) in [5, 5.41) is 14.2. The number of carbonyl (C=O) groups excluding carboxylic acids is 1. The van der Waals surface area contributed by atoms with E-state index in [0.29, 0.717) is 11.5 Å². The van der Waals surface area contributed by atoms with Crippen molar-refractivity contribution < 1.29 is 13.6 Å². The third kappa shape index (κ3) is 5.79. The van der Waals surface area contributed by atoms with Crippen molar-refractivity contribution in [2.45, 2.75) is 31.9 Å². The van der Waals surface area contributed by atoms with E-state index in [9.17, 15) is 13.6 Å². The zero-order valence-corrected chi connectivity index (χ0v) is 19.1. The molecule has 1 aromatic carbocycles. The van der Waals surface area contributed by atoms with E-state index in [1.165, 1.54) is 30.2 Å². The van der Waals surface area contributed by atoms with E-state index in [4.69, 9.17) is 0 Å². The molecule has 0 saturated carbocycles. The molecule has 0 bridgehead atoms. The second-order valence-electron chi connectivity index (χ2n) is 8.20. The average molecular weight is 455 g/mol. The minimum atomic E-state index is -1.13. The smallest absolute Gasteiger partial charge is 0.321 e. The van der Waals surface area contributed by atoms with Gasteiger partial charge in [-0.3, -0.25) is 9.88 Å². The molecule has 0 aliphatic carbocycles. The highest BCUT2D eigenvalue weighted by Crippen LogP contribution is 2.31. The maximum atomic E-state index is 14.4. The van der Waals surface area contributed by atoms with Gasteiger partial charge in [0.2, 0.25) is 0 Å². The molecule has 0 radical (unpaired) electrons. The molecule has 3 rings (SSSR count). The van der Waals surface area contributed by atoms with Gasteiger partial charge in [0.1, 0.15) is 11.6 Å². The number of hydrogen-bond acceptors (Lipinski definition) is 5. The lowest BCUT2D eigenvalue weighted by molar-refractivity contribution is 0.249. The quantitative estimate of drug-likeness (QED) is 0.521. The molecular formula is C24H28F2N6O. The van der Waals surface area contributed by atoms with Crippen LogP contribution in [0.1, 0.15) is 26.0 Å². The number of nitrogens with zero attached hydrogens (tertiary/aromatic N) is 4. The van der Waals surface area contributed by atoms with Crippen molar-refractivity contribution in [3.05, 3.63) is 66.2 Å². The van der Waals surface area contributed by atoms with Crippen LogP contribution in [0.2, 0.25) is 0 Å². The molecule has 2 N–H and O–H groups in total. The van der Waals surface area contributed by atoms with E-state index in [1.54, 1.807) is 27.1 Å². The Morgan fingerprint density at radius 1 is 1.15 bits per heavy atom. The molecule has 3 aromatic rings. The van der Waals surface area contributed by atoms with Crippen molar-refractivity contribution in [1.29, 1.82) is 0 Å². The van der Waals surface area contributed by atoms with Gasteiger partial charge in [-0.1, -0.05) is 19.1 Å². The highest BCUT2D eigenvalue weighted by molar-refractivity contribution is 5.91. The zero-order chi connectivity index (χ0) is 24.0. The lowest BCUT2D eigenvalue weighted by atomic mass is 9.81. The van der Waals surface area contributed by atoms with Crippen molar-refractivity contribution in [2.75, 3.05) is 30.9 Å². The Bertz CT molecular complexity index is 1080. The number of rotatable bonds is 8. The highest BCUT2D eigenvalue weighted by Gasteiger charge is 2.33. The number of hydrogen-bond donors (Lipinski definition) is 2. The van der Waals surface area contributed by atoms with Gasteiger partial charge >= 0.3 is 6.03 Å². The number of anilines is 2. The van der Waals surface area contributed by atoms with Crippen molar-refractivity contribution in [3.63, 3.8) is 0 Å². The Balaban J connectivity index is 1.72. The van der Waals surface area contributed by atoms with Gasteiger partial charge in [0.05, 0.1) is 17.6 Å². The molecule has 0 spiro atoms. The van der Waals surface area contributed by atoms with E-state index < -0.39 is 17.4 Å². The normalized spacial score (nSPS) is 13.6. The fourth-order valence-electron chi connectivity index (χ4n) is 3.71. The van der Waals surface area contributed by atoms with E-state index >= 15 is 0 Å². The largest absolute Gasteiger partial charge is 0.368 e. The minimum absolute atomic E-state index is 0.107. The van der Waals surface area contributed by atoms with Gasteiger partial charge in [0, 0.05) is 43.5 Å². The van der Waals surface area contributed by atoms with Crippen molar-refractivity contribution in [3.8, 4) is 11.3 Å². The summed E-state index contributed by atoms with van der Waals surface area (Å²) in [6, 6.07) is 13.6. The molecule has 2 heterocycles.